The highest BCUT2D eigenvalue weighted by molar-refractivity contribution is 6.04. The Morgan fingerprint density at radius 1 is 1.04 bits per heavy atom. The van der Waals surface area contributed by atoms with Crippen molar-refractivity contribution in [2.24, 2.45) is 0 Å². The second-order valence-electron chi connectivity index (χ2n) is 6.75. The van der Waals surface area contributed by atoms with Crippen molar-refractivity contribution >= 4 is 21.9 Å². The number of nitrogens with zero attached hydrogens (tertiary/aromatic N) is 1. The highest BCUT2D eigenvalue weighted by Crippen LogP contribution is 2.40. The van der Waals surface area contributed by atoms with E-state index in [0.717, 1.165) is 51.7 Å². The topological polar surface area (TPSA) is 66.7 Å². The number of furan rings is 1. The third-order valence-corrected chi connectivity index (χ3v) is 5.37. The lowest BCUT2D eigenvalue weighted by atomic mass is 9.98. The quantitative estimate of drug-likeness (QED) is 0.477. The lowest BCUT2D eigenvalue weighted by Crippen LogP contribution is -2.07. The molecular weight excluding hydrogens is 326 g/mol. The molecule has 4 heterocycles. The summed E-state index contributed by atoms with van der Waals surface area (Å²) in [6, 6.07) is 14.2. The molecule has 6 rings (SSSR count). The lowest BCUT2D eigenvalue weighted by molar-refractivity contribution is 0.603. The number of rotatable bonds is 1. The Bertz CT molecular complexity index is 1360. The third kappa shape index (κ3) is 1.67. The molecule has 0 amide bonds. The molecular formula is C21H15N3O2. The van der Waals surface area contributed by atoms with Crippen LogP contribution in [0, 0.1) is 0 Å². The van der Waals surface area contributed by atoms with E-state index in [1.165, 1.54) is 5.56 Å². The van der Waals surface area contributed by atoms with Crippen molar-refractivity contribution in [1.82, 2.24) is 14.8 Å². The number of aromatic amines is 2. The SMILES string of the molecule is O=c1[nH]n2c(c1-c1c[nH]c3ccccc13)-c1coc3cccc(c13)CC2. The molecule has 2 aromatic carbocycles. The summed E-state index contributed by atoms with van der Waals surface area (Å²) in [7, 11) is 0. The molecule has 5 aromatic rings. The Hall–Kier alpha value is -3.47. The van der Waals surface area contributed by atoms with E-state index in [-0.39, 0.29) is 5.56 Å². The Morgan fingerprint density at radius 3 is 2.92 bits per heavy atom. The minimum absolute atomic E-state index is 0.0708. The zero-order valence-electron chi connectivity index (χ0n) is 13.9. The maximum Gasteiger partial charge on any atom is 0.272 e. The van der Waals surface area contributed by atoms with Crippen molar-refractivity contribution in [3.05, 3.63) is 70.8 Å². The first-order valence-corrected chi connectivity index (χ1v) is 8.70. The van der Waals surface area contributed by atoms with Crippen LogP contribution in [0.1, 0.15) is 5.56 Å². The van der Waals surface area contributed by atoms with Gasteiger partial charge in [-0.3, -0.25) is 14.6 Å². The summed E-state index contributed by atoms with van der Waals surface area (Å²) in [5.74, 6) is 0. The fraction of sp³-hybridized carbons (Fsp3) is 0.0952. The number of para-hydroxylation sites is 1. The van der Waals surface area contributed by atoms with Gasteiger partial charge in [-0.15, -0.1) is 0 Å². The summed E-state index contributed by atoms with van der Waals surface area (Å²) in [6.07, 6.45) is 4.55. The van der Waals surface area contributed by atoms with Gasteiger partial charge in [0.2, 0.25) is 0 Å². The number of hydrogen-bond donors (Lipinski definition) is 2. The van der Waals surface area contributed by atoms with Crippen LogP contribution in [-0.2, 0) is 13.0 Å². The van der Waals surface area contributed by atoms with Gasteiger partial charge in [-0.25, -0.2) is 0 Å². The molecule has 2 N–H and O–H groups in total. The molecule has 0 saturated heterocycles. The minimum Gasteiger partial charge on any atom is -0.464 e. The van der Waals surface area contributed by atoms with Gasteiger partial charge >= 0.3 is 0 Å². The number of aromatic nitrogens is 3. The molecule has 0 atom stereocenters. The molecule has 0 bridgehead atoms. The molecule has 1 aliphatic rings. The van der Waals surface area contributed by atoms with Crippen LogP contribution in [0.5, 0.6) is 0 Å². The highest BCUT2D eigenvalue weighted by Gasteiger charge is 2.26. The van der Waals surface area contributed by atoms with Gasteiger partial charge in [-0.05, 0) is 24.1 Å². The van der Waals surface area contributed by atoms with Gasteiger partial charge in [0.15, 0.2) is 0 Å². The van der Waals surface area contributed by atoms with E-state index < -0.39 is 0 Å². The number of hydrogen-bond acceptors (Lipinski definition) is 2. The first-order valence-electron chi connectivity index (χ1n) is 8.70. The van der Waals surface area contributed by atoms with Gasteiger partial charge in [0.05, 0.1) is 11.3 Å². The van der Waals surface area contributed by atoms with Crippen molar-refractivity contribution in [2.45, 2.75) is 13.0 Å². The molecule has 126 valence electrons. The largest absolute Gasteiger partial charge is 0.464 e. The standard InChI is InChI=1S/C21H15N3O2/c25-21-19(14-10-22-16-6-2-1-5-13(14)16)20-15-11-26-17-7-3-4-12(18(15)17)8-9-24(20)23-21/h1-7,10-11,22H,8-9H2,(H,23,25). The fourth-order valence-electron chi connectivity index (χ4n) is 4.23. The van der Waals surface area contributed by atoms with Crippen LogP contribution >= 0.6 is 0 Å². The molecule has 1 aliphatic heterocycles. The predicted molar refractivity (Wildman–Crippen MR) is 101 cm³/mol. The highest BCUT2D eigenvalue weighted by atomic mass is 16.3. The second kappa shape index (κ2) is 4.79. The van der Waals surface area contributed by atoms with Crippen LogP contribution in [-0.4, -0.2) is 14.8 Å². The maximum absolute atomic E-state index is 12.9. The first kappa shape index (κ1) is 13.8. The number of nitrogens with one attached hydrogen (secondary N) is 2. The molecule has 0 unspecified atom stereocenters. The summed E-state index contributed by atoms with van der Waals surface area (Å²) in [5, 5.41) is 5.19. The van der Waals surface area contributed by atoms with Gasteiger partial charge < -0.3 is 9.40 Å². The minimum atomic E-state index is -0.0708. The fourth-order valence-corrected chi connectivity index (χ4v) is 4.23. The number of aryl methyl sites for hydroxylation is 2. The van der Waals surface area contributed by atoms with E-state index in [9.17, 15) is 4.79 Å². The number of benzene rings is 2. The van der Waals surface area contributed by atoms with E-state index in [0.29, 0.717) is 5.56 Å². The Balaban J connectivity index is 1.75. The van der Waals surface area contributed by atoms with E-state index >= 15 is 0 Å². The third-order valence-electron chi connectivity index (χ3n) is 5.37. The summed E-state index contributed by atoms with van der Waals surface area (Å²) >= 11 is 0. The summed E-state index contributed by atoms with van der Waals surface area (Å²) in [4.78, 5) is 16.2. The van der Waals surface area contributed by atoms with Crippen LogP contribution in [0.25, 0.3) is 44.3 Å². The van der Waals surface area contributed by atoms with Gasteiger partial charge in [0, 0.05) is 40.2 Å². The van der Waals surface area contributed by atoms with E-state index in [4.69, 9.17) is 4.42 Å². The van der Waals surface area contributed by atoms with Crippen molar-refractivity contribution in [3.63, 3.8) is 0 Å². The van der Waals surface area contributed by atoms with E-state index in [1.807, 2.05) is 47.3 Å². The summed E-state index contributed by atoms with van der Waals surface area (Å²) in [5.41, 5.74) is 6.57. The monoisotopic (exact) mass is 341 g/mol. The Morgan fingerprint density at radius 2 is 1.96 bits per heavy atom. The summed E-state index contributed by atoms with van der Waals surface area (Å²) < 4.78 is 7.77. The van der Waals surface area contributed by atoms with Crippen molar-refractivity contribution in [3.8, 4) is 22.4 Å². The Kier molecular flexibility index (Phi) is 2.54. The molecule has 0 radical (unpaired) electrons. The van der Waals surface area contributed by atoms with Gasteiger partial charge in [-0.1, -0.05) is 30.3 Å². The van der Waals surface area contributed by atoms with Crippen LogP contribution in [0.3, 0.4) is 0 Å². The maximum atomic E-state index is 12.9. The molecule has 0 fully saturated rings. The van der Waals surface area contributed by atoms with Gasteiger partial charge in [0.25, 0.3) is 5.56 Å². The number of fused-ring (bicyclic) bond motifs is 3. The van der Waals surface area contributed by atoms with Crippen LogP contribution in [0.2, 0.25) is 0 Å². The van der Waals surface area contributed by atoms with E-state index in [1.54, 1.807) is 6.26 Å². The smallest absolute Gasteiger partial charge is 0.272 e. The first-order chi connectivity index (χ1) is 12.8. The second-order valence-corrected chi connectivity index (χ2v) is 6.75. The van der Waals surface area contributed by atoms with Gasteiger partial charge in [0.1, 0.15) is 11.8 Å². The molecule has 26 heavy (non-hydrogen) atoms. The zero-order chi connectivity index (χ0) is 17.3. The average Bonchev–Trinajstić information content (AvgIpc) is 3.32. The molecule has 0 saturated carbocycles. The summed E-state index contributed by atoms with van der Waals surface area (Å²) in [6.45, 7) is 0.737. The van der Waals surface area contributed by atoms with Crippen molar-refractivity contribution < 1.29 is 4.42 Å². The van der Waals surface area contributed by atoms with Gasteiger partial charge in [-0.2, -0.15) is 0 Å². The Labute approximate surface area is 147 Å². The zero-order valence-corrected chi connectivity index (χ0v) is 13.9. The van der Waals surface area contributed by atoms with E-state index in [2.05, 4.69) is 16.1 Å². The van der Waals surface area contributed by atoms with Crippen LogP contribution in [0.15, 0.2) is 64.1 Å². The lowest BCUT2D eigenvalue weighted by Gasteiger charge is -2.05. The molecule has 5 heteroatoms. The van der Waals surface area contributed by atoms with Crippen LogP contribution in [0.4, 0.5) is 0 Å². The normalized spacial score (nSPS) is 13.2. The average molecular weight is 341 g/mol. The van der Waals surface area contributed by atoms with Crippen molar-refractivity contribution in [1.29, 1.82) is 0 Å². The number of H-pyrrole nitrogens is 2. The molecule has 5 nitrogen and oxygen atoms in total. The van der Waals surface area contributed by atoms with Crippen molar-refractivity contribution in [2.75, 3.05) is 0 Å². The molecule has 0 aliphatic carbocycles. The molecule has 0 spiro atoms. The van der Waals surface area contributed by atoms with Crippen LogP contribution < -0.4 is 5.56 Å². The predicted octanol–water partition coefficient (Wildman–Crippen LogP) is 4.29. The molecule has 3 aromatic heterocycles.